The van der Waals surface area contributed by atoms with Gasteiger partial charge in [-0.2, -0.15) is 4.98 Å². The number of aryl methyl sites for hydroxylation is 1. The lowest BCUT2D eigenvalue weighted by Gasteiger charge is -2.38. The molecule has 174 valence electrons. The zero-order chi connectivity index (χ0) is 23.1. The Morgan fingerprint density at radius 2 is 1.70 bits per heavy atom. The lowest BCUT2D eigenvalue weighted by Crippen LogP contribution is -2.44. The smallest absolute Gasteiger partial charge is 0.251 e. The molecular weight excluding hydrogens is 422 g/mol. The Balaban J connectivity index is 1.37. The van der Waals surface area contributed by atoms with Crippen LogP contribution in [0, 0.1) is 6.92 Å². The number of nitrogens with zero attached hydrogens (tertiary/aromatic N) is 2. The van der Waals surface area contributed by atoms with E-state index in [1.165, 1.54) is 5.56 Å². The van der Waals surface area contributed by atoms with E-state index in [0.29, 0.717) is 49.4 Å². The summed E-state index contributed by atoms with van der Waals surface area (Å²) in [6.07, 6.45) is 1.70. The van der Waals surface area contributed by atoms with Crippen molar-refractivity contribution < 1.29 is 23.5 Å². The van der Waals surface area contributed by atoms with Gasteiger partial charge in [-0.15, -0.1) is 0 Å². The summed E-state index contributed by atoms with van der Waals surface area (Å²) in [7, 11) is 0. The molecule has 0 saturated carbocycles. The fourth-order valence-corrected chi connectivity index (χ4v) is 4.00. The highest BCUT2D eigenvalue weighted by Crippen LogP contribution is 2.35. The average Bonchev–Trinajstić information content (AvgIpc) is 3.28. The summed E-state index contributed by atoms with van der Waals surface area (Å²) in [4.78, 5) is 17.0. The second kappa shape index (κ2) is 10.5. The van der Waals surface area contributed by atoms with Gasteiger partial charge in [0.25, 0.3) is 5.91 Å². The number of benzene rings is 2. The van der Waals surface area contributed by atoms with Crippen LogP contribution in [0.25, 0.3) is 0 Å². The van der Waals surface area contributed by atoms with E-state index in [1.807, 2.05) is 19.1 Å². The van der Waals surface area contributed by atoms with Crippen molar-refractivity contribution in [3.05, 3.63) is 71.4 Å². The van der Waals surface area contributed by atoms with Crippen molar-refractivity contribution in [2.45, 2.75) is 38.7 Å². The van der Waals surface area contributed by atoms with Crippen molar-refractivity contribution in [2.75, 3.05) is 26.4 Å². The molecule has 0 bridgehead atoms. The van der Waals surface area contributed by atoms with Crippen LogP contribution in [-0.4, -0.2) is 42.4 Å². The first-order valence-electron chi connectivity index (χ1n) is 11.2. The second-order valence-corrected chi connectivity index (χ2v) is 8.08. The monoisotopic (exact) mass is 451 g/mol. The summed E-state index contributed by atoms with van der Waals surface area (Å²) in [6, 6.07) is 15.2. The van der Waals surface area contributed by atoms with E-state index in [9.17, 15) is 4.79 Å². The molecule has 2 aromatic carbocycles. The van der Waals surface area contributed by atoms with Gasteiger partial charge in [-0.1, -0.05) is 17.3 Å². The van der Waals surface area contributed by atoms with Gasteiger partial charge >= 0.3 is 0 Å². The van der Waals surface area contributed by atoms with E-state index < -0.39 is 0 Å². The number of hydrogen-bond donors (Lipinski definition) is 1. The summed E-state index contributed by atoms with van der Waals surface area (Å²) >= 11 is 0. The Kier molecular flexibility index (Phi) is 7.24. The number of ether oxygens (including phenoxy) is 3. The van der Waals surface area contributed by atoms with E-state index in [4.69, 9.17) is 18.7 Å². The number of carbonyl (C=O) groups is 1. The zero-order valence-electron chi connectivity index (χ0n) is 19.0. The third kappa shape index (κ3) is 5.70. The van der Waals surface area contributed by atoms with Crippen LogP contribution in [0.3, 0.4) is 0 Å². The van der Waals surface area contributed by atoms with Gasteiger partial charge in [0.15, 0.2) is 6.61 Å². The van der Waals surface area contributed by atoms with E-state index in [-0.39, 0.29) is 17.9 Å². The Morgan fingerprint density at radius 1 is 1.03 bits per heavy atom. The molecule has 1 saturated heterocycles. The lowest BCUT2D eigenvalue weighted by atomic mass is 9.74. The summed E-state index contributed by atoms with van der Waals surface area (Å²) in [5, 5.41) is 6.93. The number of rotatable bonds is 9. The third-order valence-electron chi connectivity index (χ3n) is 5.87. The normalized spacial score (nSPS) is 15.1. The Bertz CT molecular complexity index is 1040. The largest absolute Gasteiger partial charge is 0.494 e. The molecule has 1 aliphatic rings. The molecule has 8 nitrogen and oxygen atoms in total. The summed E-state index contributed by atoms with van der Waals surface area (Å²) in [5.41, 5.74) is 1.60. The number of amides is 1. The van der Waals surface area contributed by atoms with Crippen LogP contribution in [0.4, 0.5) is 0 Å². The van der Waals surface area contributed by atoms with Gasteiger partial charge in [0.05, 0.1) is 6.61 Å². The van der Waals surface area contributed by atoms with E-state index in [2.05, 4.69) is 27.6 Å². The molecular formula is C25H29N3O5. The van der Waals surface area contributed by atoms with Crippen molar-refractivity contribution >= 4 is 5.91 Å². The van der Waals surface area contributed by atoms with Gasteiger partial charge in [-0.3, -0.25) is 4.79 Å². The molecule has 1 fully saturated rings. The number of hydrogen-bond acceptors (Lipinski definition) is 7. The third-order valence-corrected chi connectivity index (χ3v) is 5.87. The average molecular weight is 452 g/mol. The van der Waals surface area contributed by atoms with E-state index in [1.54, 1.807) is 31.2 Å². The molecule has 0 atom stereocenters. The maximum absolute atomic E-state index is 12.9. The van der Waals surface area contributed by atoms with Gasteiger partial charge < -0.3 is 24.1 Å². The molecule has 1 aliphatic heterocycles. The maximum Gasteiger partial charge on any atom is 0.251 e. The maximum atomic E-state index is 12.9. The number of nitrogens with one attached hydrogen (secondary N) is 1. The molecule has 1 N–H and O–H groups in total. The number of aromatic nitrogens is 2. The molecule has 0 spiro atoms. The standard InChI is InChI=1S/C25H29N3O5/c1-3-31-21-10-6-20(7-11-21)25(12-14-30-15-13-25)17-26-24(29)19-4-8-22(9-5-19)32-16-23-27-18(2)33-28-23/h4-11H,3,12-17H2,1-2H3,(H,26,29). The fourth-order valence-electron chi connectivity index (χ4n) is 4.00. The quantitative estimate of drug-likeness (QED) is 0.528. The molecule has 8 heteroatoms. The van der Waals surface area contributed by atoms with Gasteiger partial charge in [-0.05, 0) is 61.7 Å². The highest BCUT2D eigenvalue weighted by Gasteiger charge is 2.35. The van der Waals surface area contributed by atoms with Crippen LogP contribution < -0.4 is 14.8 Å². The summed E-state index contributed by atoms with van der Waals surface area (Å²) in [5.74, 6) is 2.33. The Morgan fingerprint density at radius 3 is 2.33 bits per heavy atom. The first-order valence-corrected chi connectivity index (χ1v) is 11.2. The highest BCUT2D eigenvalue weighted by molar-refractivity contribution is 5.94. The molecule has 0 unspecified atom stereocenters. The van der Waals surface area contributed by atoms with Gasteiger partial charge in [0, 0.05) is 37.7 Å². The summed E-state index contributed by atoms with van der Waals surface area (Å²) in [6.45, 7) is 6.42. The Labute approximate surface area is 193 Å². The molecule has 4 rings (SSSR count). The van der Waals surface area contributed by atoms with Crippen LogP contribution in [0.1, 0.15) is 47.4 Å². The summed E-state index contributed by atoms with van der Waals surface area (Å²) < 4.78 is 21.8. The predicted molar refractivity (Wildman–Crippen MR) is 121 cm³/mol. The van der Waals surface area contributed by atoms with Crippen LogP contribution in [0.15, 0.2) is 53.1 Å². The molecule has 33 heavy (non-hydrogen) atoms. The van der Waals surface area contributed by atoms with Crippen molar-refractivity contribution in [2.24, 2.45) is 0 Å². The topological polar surface area (TPSA) is 95.7 Å². The highest BCUT2D eigenvalue weighted by atomic mass is 16.5. The van der Waals surface area contributed by atoms with Crippen molar-refractivity contribution in [3.63, 3.8) is 0 Å². The van der Waals surface area contributed by atoms with Crippen LogP contribution in [0.2, 0.25) is 0 Å². The minimum atomic E-state index is -0.162. The first kappa shape index (κ1) is 22.8. The van der Waals surface area contributed by atoms with Crippen LogP contribution in [-0.2, 0) is 16.8 Å². The Hall–Kier alpha value is -3.39. The minimum absolute atomic E-state index is 0.118. The molecule has 0 aliphatic carbocycles. The molecule has 2 heterocycles. The van der Waals surface area contributed by atoms with Crippen molar-refractivity contribution in [3.8, 4) is 11.5 Å². The lowest BCUT2D eigenvalue weighted by molar-refractivity contribution is 0.0487. The molecule has 3 aromatic rings. The zero-order valence-corrected chi connectivity index (χ0v) is 19.0. The van der Waals surface area contributed by atoms with Crippen molar-refractivity contribution in [1.29, 1.82) is 0 Å². The molecule has 0 radical (unpaired) electrons. The van der Waals surface area contributed by atoms with E-state index >= 15 is 0 Å². The van der Waals surface area contributed by atoms with Crippen LogP contribution in [0.5, 0.6) is 11.5 Å². The molecule has 1 amide bonds. The van der Waals surface area contributed by atoms with Gasteiger partial charge in [-0.25, -0.2) is 0 Å². The second-order valence-electron chi connectivity index (χ2n) is 8.08. The first-order chi connectivity index (χ1) is 16.1. The predicted octanol–water partition coefficient (Wildman–Crippen LogP) is 3.83. The van der Waals surface area contributed by atoms with E-state index in [0.717, 1.165) is 18.6 Å². The number of carbonyl (C=O) groups excluding carboxylic acids is 1. The minimum Gasteiger partial charge on any atom is -0.494 e. The van der Waals surface area contributed by atoms with Gasteiger partial charge in [0.1, 0.15) is 11.5 Å². The molecule has 1 aromatic heterocycles. The van der Waals surface area contributed by atoms with Gasteiger partial charge in [0.2, 0.25) is 11.7 Å². The van der Waals surface area contributed by atoms with Crippen LogP contribution >= 0.6 is 0 Å². The fraction of sp³-hybridized carbons (Fsp3) is 0.400. The van der Waals surface area contributed by atoms with Crippen molar-refractivity contribution in [1.82, 2.24) is 15.5 Å². The SMILES string of the molecule is CCOc1ccc(C2(CNC(=O)c3ccc(OCc4noc(C)n4)cc3)CCOCC2)cc1.